The standard InChI is InChI=1S/C38H22N4/c39-23-24-17-19-28-29-20-18-25(22-33(29)27-10-2-1-9-26(27)32(28)21-24)41-35-14-6-3-11-30(35)31-12-4-7-15-36(31)42-37-16-8-5-13-34(37)40-38(41)42/h1-22H. The molecule has 7 aromatic carbocycles. The van der Waals surface area contributed by atoms with E-state index in [4.69, 9.17) is 4.98 Å². The molecule has 9 rings (SSSR count). The van der Waals surface area contributed by atoms with E-state index in [2.05, 4.69) is 131 Å². The summed E-state index contributed by atoms with van der Waals surface area (Å²) in [4.78, 5) is 7.54. The molecule has 0 radical (unpaired) electrons. The number of nitriles is 1. The first-order valence-corrected chi connectivity index (χ1v) is 14.0. The summed E-state index contributed by atoms with van der Waals surface area (Å²) in [7, 11) is 0. The largest absolute Gasteiger partial charge is 0.280 e. The van der Waals surface area contributed by atoms with Crippen molar-refractivity contribution in [1.29, 1.82) is 5.26 Å². The summed E-state index contributed by atoms with van der Waals surface area (Å²) < 4.78 is 2.29. The molecule has 0 unspecified atom stereocenters. The second-order valence-corrected chi connectivity index (χ2v) is 10.8. The van der Waals surface area contributed by atoms with E-state index in [-0.39, 0.29) is 0 Å². The van der Waals surface area contributed by atoms with E-state index in [0.717, 1.165) is 66.5 Å². The van der Waals surface area contributed by atoms with E-state index in [1.54, 1.807) is 0 Å². The number of benzene rings is 7. The van der Waals surface area contributed by atoms with Crippen LogP contribution < -0.4 is 4.90 Å². The Morgan fingerprint density at radius 2 is 1.12 bits per heavy atom. The number of imidazole rings is 1. The summed E-state index contributed by atoms with van der Waals surface area (Å²) in [6.07, 6.45) is 0. The molecule has 2 heterocycles. The van der Waals surface area contributed by atoms with Crippen molar-refractivity contribution in [1.82, 2.24) is 9.55 Å². The van der Waals surface area contributed by atoms with E-state index in [0.29, 0.717) is 5.56 Å². The van der Waals surface area contributed by atoms with Gasteiger partial charge in [0, 0.05) is 16.8 Å². The van der Waals surface area contributed by atoms with Gasteiger partial charge < -0.3 is 0 Å². The molecule has 0 aliphatic carbocycles. The molecule has 0 fully saturated rings. The lowest BCUT2D eigenvalue weighted by atomic mass is 9.93. The number of nitrogens with zero attached hydrogens (tertiary/aromatic N) is 4. The molecule has 1 aromatic heterocycles. The molecule has 8 aromatic rings. The van der Waals surface area contributed by atoms with E-state index < -0.39 is 0 Å². The van der Waals surface area contributed by atoms with Crippen LogP contribution in [0.15, 0.2) is 133 Å². The van der Waals surface area contributed by atoms with Crippen LogP contribution >= 0.6 is 0 Å². The Morgan fingerprint density at radius 1 is 0.524 bits per heavy atom. The number of para-hydroxylation sites is 4. The van der Waals surface area contributed by atoms with Crippen LogP contribution in [-0.2, 0) is 0 Å². The van der Waals surface area contributed by atoms with Crippen LogP contribution in [0.4, 0.5) is 17.3 Å². The Hall–Kier alpha value is -5.92. The Kier molecular flexibility index (Phi) is 4.65. The van der Waals surface area contributed by atoms with Crippen LogP contribution in [0.3, 0.4) is 0 Å². The van der Waals surface area contributed by atoms with Crippen molar-refractivity contribution < 1.29 is 0 Å². The lowest BCUT2D eigenvalue weighted by Crippen LogP contribution is -2.14. The third-order valence-corrected chi connectivity index (χ3v) is 8.53. The number of aromatic nitrogens is 2. The minimum absolute atomic E-state index is 0.670. The average molecular weight is 535 g/mol. The van der Waals surface area contributed by atoms with E-state index in [9.17, 15) is 5.26 Å². The number of fused-ring (bicyclic) bond motifs is 13. The van der Waals surface area contributed by atoms with Crippen molar-refractivity contribution in [3.8, 4) is 22.9 Å². The van der Waals surface area contributed by atoms with Gasteiger partial charge in [-0.25, -0.2) is 4.98 Å². The number of anilines is 3. The maximum atomic E-state index is 9.60. The van der Waals surface area contributed by atoms with Crippen LogP contribution in [0.1, 0.15) is 5.56 Å². The molecule has 0 N–H and O–H groups in total. The predicted octanol–water partition coefficient (Wildman–Crippen LogP) is 9.81. The van der Waals surface area contributed by atoms with E-state index >= 15 is 0 Å². The molecule has 0 saturated carbocycles. The molecule has 1 aliphatic rings. The summed E-state index contributed by atoms with van der Waals surface area (Å²) in [5.74, 6) is 0.858. The molecule has 0 saturated heterocycles. The van der Waals surface area contributed by atoms with E-state index in [1.807, 2.05) is 18.2 Å². The van der Waals surface area contributed by atoms with Crippen LogP contribution in [-0.4, -0.2) is 9.55 Å². The zero-order chi connectivity index (χ0) is 27.8. The van der Waals surface area contributed by atoms with Gasteiger partial charge in [-0.05, 0) is 80.8 Å². The van der Waals surface area contributed by atoms with Gasteiger partial charge in [0.25, 0.3) is 0 Å². The number of rotatable bonds is 1. The highest BCUT2D eigenvalue weighted by Crippen LogP contribution is 2.48. The van der Waals surface area contributed by atoms with Crippen molar-refractivity contribution in [2.45, 2.75) is 0 Å². The highest BCUT2D eigenvalue weighted by Gasteiger charge is 2.29. The lowest BCUT2D eigenvalue weighted by Gasteiger charge is -2.25. The molecule has 1 aliphatic heterocycles. The van der Waals surface area contributed by atoms with Crippen LogP contribution in [0.5, 0.6) is 0 Å². The van der Waals surface area contributed by atoms with Gasteiger partial charge in [-0.2, -0.15) is 5.26 Å². The van der Waals surface area contributed by atoms with Gasteiger partial charge >= 0.3 is 0 Å². The minimum atomic E-state index is 0.670. The van der Waals surface area contributed by atoms with Crippen LogP contribution in [0, 0.1) is 11.3 Å². The molecule has 42 heavy (non-hydrogen) atoms. The molecule has 194 valence electrons. The van der Waals surface area contributed by atoms with E-state index in [1.165, 1.54) is 10.9 Å². The number of hydrogen-bond donors (Lipinski definition) is 0. The predicted molar refractivity (Wildman–Crippen MR) is 172 cm³/mol. The normalized spacial score (nSPS) is 12.2. The van der Waals surface area contributed by atoms with Gasteiger partial charge in [-0.3, -0.25) is 9.47 Å². The minimum Gasteiger partial charge on any atom is -0.280 e. The van der Waals surface area contributed by atoms with Crippen LogP contribution in [0.25, 0.3) is 60.2 Å². The monoisotopic (exact) mass is 534 g/mol. The highest BCUT2D eigenvalue weighted by molar-refractivity contribution is 6.26. The molecule has 0 amide bonds. The summed E-state index contributed by atoms with van der Waals surface area (Å²) in [6, 6.07) is 49.1. The topological polar surface area (TPSA) is 44.9 Å². The summed E-state index contributed by atoms with van der Waals surface area (Å²) in [6.45, 7) is 0. The fourth-order valence-electron chi connectivity index (χ4n) is 6.71. The number of hydrogen-bond acceptors (Lipinski definition) is 3. The Bertz CT molecular complexity index is 2420. The first kappa shape index (κ1) is 22.9. The van der Waals surface area contributed by atoms with Crippen molar-refractivity contribution in [3.05, 3.63) is 139 Å². The molecule has 0 atom stereocenters. The quantitative estimate of drug-likeness (QED) is 0.197. The molecular formula is C38H22N4. The third kappa shape index (κ3) is 3.08. The van der Waals surface area contributed by atoms with Crippen molar-refractivity contribution in [3.63, 3.8) is 0 Å². The average Bonchev–Trinajstić information content (AvgIpc) is 3.38. The SMILES string of the molecule is N#Cc1ccc2c3ccc(N4c5ccccc5-c5ccccc5-n5c4nc4ccccc45)cc3c3ccccc3c2c1. The zero-order valence-electron chi connectivity index (χ0n) is 22.5. The summed E-state index contributed by atoms with van der Waals surface area (Å²) in [5.41, 5.74) is 8.27. The first-order chi connectivity index (χ1) is 20.8. The maximum absolute atomic E-state index is 9.60. The second-order valence-electron chi connectivity index (χ2n) is 10.8. The summed E-state index contributed by atoms with van der Waals surface area (Å²) >= 11 is 0. The molecule has 0 bridgehead atoms. The molecular weight excluding hydrogens is 512 g/mol. The highest BCUT2D eigenvalue weighted by atomic mass is 15.3. The fraction of sp³-hybridized carbons (Fsp3) is 0. The van der Waals surface area contributed by atoms with Crippen LogP contribution in [0.2, 0.25) is 0 Å². The maximum Gasteiger partial charge on any atom is 0.220 e. The Balaban J connectivity index is 1.41. The Labute approximate surface area is 241 Å². The first-order valence-electron chi connectivity index (χ1n) is 14.0. The smallest absolute Gasteiger partial charge is 0.220 e. The molecule has 0 spiro atoms. The molecule has 4 heteroatoms. The zero-order valence-corrected chi connectivity index (χ0v) is 22.5. The van der Waals surface area contributed by atoms with Crippen molar-refractivity contribution in [2.75, 3.05) is 4.90 Å². The molecule has 4 nitrogen and oxygen atoms in total. The second kappa shape index (κ2) is 8.54. The van der Waals surface area contributed by atoms with Gasteiger partial charge in [0.05, 0.1) is 34.0 Å². The lowest BCUT2D eigenvalue weighted by molar-refractivity contribution is 1.05. The Morgan fingerprint density at radius 3 is 1.90 bits per heavy atom. The van der Waals surface area contributed by atoms with Crippen molar-refractivity contribution >= 4 is 60.7 Å². The van der Waals surface area contributed by atoms with Gasteiger partial charge in [0.1, 0.15) is 0 Å². The van der Waals surface area contributed by atoms with Gasteiger partial charge in [0.2, 0.25) is 5.95 Å². The third-order valence-electron chi connectivity index (χ3n) is 8.53. The van der Waals surface area contributed by atoms with Gasteiger partial charge in [-0.15, -0.1) is 0 Å². The van der Waals surface area contributed by atoms with Gasteiger partial charge in [0.15, 0.2) is 0 Å². The summed E-state index contributed by atoms with van der Waals surface area (Å²) in [5, 5.41) is 16.5. The fourth-order valence-corrected chi connectivity index (χ4v) is 6.71. The van der Waals surface area contributed by atoms with Crippen molar-refractivity contribution in [2.24, 2.45) is 0 Å². The van der Waals surface area contributed by atoms with Gasteiger partial charge in [-0.1, -0.05) is 84.9 Å².